The molecule has 0 saturated heterocycles. The zero-order valence-electron chi connectivity index (χ0n) is 43.9. The Morgan fingerprint density at radius 3 is 1.71 bits per heavy atom. The molecular weight excluding hydrogens is 859 g/mol. The van der Waals surface area contributed by atoms with Crippen molar-refractivity contribution in [3.63, 3.8) is 0 Å². The third-order valence-electron chi connectivity index (χ3n) is 13.5. The van der Waals surface area contributed by atoms with Gasteiger partial charge in [-0.25, -0.2) is 4.98 Å². The van der Waals surface area contributed by atoms with Crippen molar-refractivity contribution in [1.82, 2.24) is 24.1 Å². The molecular formula is C63H37N5O2. The van der Waals surface area contributed by atoms with Crippen LogP contribution in [0.25, 0.3) is 144 Å². The van der Waals surface area contributed by atoms with Gasteiger partial charge in [0.1, 0.15) is 22.3 Å². The highest BCUT2D eigenvalue weighted by atomic mass is 16.3. The van der Waals surface area contributed by atoms with E-state index in [0.717, 1.165) is 87.9 Å². The van der Waals surface area contributed by atoms with Gasteiger partial charge in [-0.1, -0.05) is 164 Å². The molecule has 15 aromatic rings. The Hall–Kier alpha value is -9.59. The maximum absolute atomic E-state index is 9.27. The van der Waals surface area contributed by atoms with Gasteiger partial charge in [0.2, 0.25) is 5.95 Å². The molecule has 10 aromatic carbocycles. The Balaban J connectivity index is 0.939. The number of aromatic nitrogens is 5. The summed E-state index contributed by atoms with van der Waals surface area (Å²) in [5.74, 6) is 0.919. The summed E-state index contributed by atoms with van der Waals surface area (Å²) >= 11 is 0. The molecule has 0 aliphatic rings. The van der Waals surface area contributed by atoms with E-state index in [4.69, 9.17) is 30.6 Å². The van der Waals surface area contributed by atoms with E-state index in [1.165, 1.54) is 6.07 Å². The Morgan fingerprint density at radius 2 is 0.914 bits per heavy atom. The van der Waals surface area contributed by atoms with E-state index in [0.29, 0.717) is 28.6 Å². The number of benzene rings is 10. The molecule has 0 fully saturated rings. The van der Waals surface area contributed by atoms with E-state index in [2.05, 4.69) is 54.6 Å². The first-order valence-electron chi connectivity index (χ1n) is 26.4. The number of fused-ring (bicyclic) bond motifs is 12. The molecule has 0 spiro atoms. The van der Waals surface area contributed by atoms with Crippen molar-refractivity contribution in [1.29, 1.82) is 0 Å². The van der Waals surface area contributed by atoms with Gasteiger partial charge in [0, 0.05) is 65.3 Å². The van der Waals surface area contributed by atoms with Crippen molar-refractivity contribution in [2.75, 3.05) is 0 Å². The molecule has 5 aromatic heterocycles. The molecule has 0 amide bonds. The molecule has 0 unspecified atom stereocenters. The third kappa shape index (κ3) is 5.72. The lowest BCUT2D eigenvalue weighted by Crippen LogP contribution is -2.07. The predicted molar refractivity (Wildman–Crippen MR) is 285 cm³/mol. The minimum atomic E-state index is -0.477. The van der Waals surface area contributed by atoms with E-state index in [9.17, 15) is 2.74 Å². The summed E-state index contributed by atoms with van der Waals surface area (Å²) in [6.07, 6.45) is 0. The zero-order valence-corrected chi connectivity index (χ0v) is 36.9. The highest BCUT2D eigenvalue weighted by molar-refractivity contribution is 6.14. The minimum absolute atomic E-state index is 0.0488. The number of para-hydroxylation sites is 8. The molecule has 0 saturated carbocycles. The molecule has 326 valence electrons. The molecule has 0 N–H and O–H groups in total. The second kappa shape index (κ2) is 15.0. The van der Waals surface area contributed by atoms with Crippen LogP contribution in [-0.2, 0) is 0 Å². The van der Waals surface area contributed by atoms with Crippen LogP contribution in [-0.4, -0.2) is 24.1 Å². The summed E-state index contributed by atoms with van der Waals surface area (Å²) in [7, 11) is 0. The molecule has 15 rings (SSSR count). The van der Waals surface area contributed by atoms with Crippen LogP contribution in [0.5, 0.6) is 0 Å². The number of furan rings is 2. The van der Waals surface area contributed by atoms with E-state index in [1.807, 2.05) is 114 Å². The summed E-state index contributed by atoms with van der Waals surface area (Å²) in [6.45, 7) is 0. The molecule has 7 heteroatoms. The fraction of sp³-hybridized carbons (Fsp3) is 0. The smallest absolute Gasteiger partial charge is 0.238 e. The van der Waals surface area contributed by atoms with Crippen LogP contribution in [0.4, 0.5) is 0 Å². The number of hydrogen-bond donors (Lipinski definition) is 0. The van der Waals surface area contributed by atoms with Gasteiger partial charge in [0.05, 0.1) is 37.3 Å². The topological polar surface area (TPSA) is 74.8 Å². The fourth-order valence-corrected chi connectivity index (χ4v) is 10.4. The Labute approximate surface area is 409 Å². The highest BCUT2D eigenvalue weighted by Crippen LogP contribution is 2.42. The van der Waals surface area contributed by atoms with Crippen molar-refractivity contribution >= 4 is 87.5 Å². The van der Waals surface area contributed by atoms with Crippen molar-refractivity contribution in [2.24, 2.45) is 0 Å². The van der Waals surface area contributed by atoms with E-state index in [1.54, 1.807) is 16.7 Å². The lowest BCUT2D eigenvalue weighted by Gasteiger charge is -2.15. The summed E-state index contributed by atoms with van der Waals surface area (Å²) in [4.78, 5) is 15.8. The number of hydrogen-bond acceptors (Lipinski definition) is 5. The van der Waals surface area contributed by atoms with Gasteiger partial charge >= 0.3 is 0 Å². The Kier molecular flexibility index (Phi) is 6.87. The molecule has 5 heterocycles. The van der Waals surface area contributed by atoms with Crippen LogP contribution in [0.2, 0.25) is 0 Å². The van der Waals surface area contributed by atoms with Gasteiger partial charge in [-0.3, -0.25) is 4.57 Å². The lowest BCUT2D eigenvalue weighted by molar-refractivity contribution is 0.669. The summed E-state index contributed by atoms with van der Waals surface area (Å²) < 4.78 is 79.5. The van der Waals surface area contributed by atoms with E-state index < -0.39 is 12.1 Å². The maximum atomic E-state index is 9.27. The fourth-order valence-electron chi connectivity index (χ4n) is 10.4. The van der Waals surface area contributed by atoms with Crippen LogP contribution in [0.1, 0.15) is 9.60 Å². The molecule has 7 nitrogen and oxygen atoms in total. The monoisotopic (exact) mass is 902 g/mol. The molecule has 0 atom stereocenters. The predicted octanol–water partition coefficient (Wildman–Crippen LogP) is 16.5. The molecule has 0 bridgehead atoms. The third-order valence-corrected chi connectivity index (χ3v) is 13.5. The Morgan fingerprint density at radius 1 is 0.343 bits per heavy atom. The zero-order chi connectivity index (χ0) is 52.0. The molecule has 0 aliphatic heterocycles. The van der Waals surface area contributed by atoms with Gasteiger partial charge < -0.3 is 13.4 Å². The second-order valence-electron chi connectivity index (χ2n) is 17.4. The van der Waals surface area contributed by atoms with Crippen LogP contribution in [0.15, 0.2) is 233 Å². The first-order valence-corrected chi connectivity index (χ1v) is 22.9. The number of nitrogens with zero attached hydrogens (tertiary/aromatic N) is 5. The summed E-state index contributed by atoms with van der Waals surface area (Å²) in [5.41, 5.74) is 10.4. The normalized spacial score (nSPS) is 13.4. The average molecular weight is 903 g/mol. The average Bonchev–Trinajstić information content (AvgIpc) is 4.25. The second-order valence-corrected chi connectivity index (χ2v) is 17.4. The van der Waals surface area contributed by atoms with Gasteiger partial charge in [0.15, 0.2) is 11.6 Å². The van der Waals surface area contributed by atoms with Gasteiger partial charge in [-0.2, -0.15) is 9.97 Å². The van der Waals surface area contributed by atoms with Crippen molar-refractivity contribution in [3.05, 3.63) is 224 Å². The highest BCUT2D eigenvalue weighted by Gasteiger charge is 2.22. The first-order chi connectivity index (χ1) is 37.6. The molecule has 70 heavy (non-hydrogen) atoms. The maximum Gasteiger partial charge on any atom is 0.238 e. The van der Waals surface area contributed by atoms with Crippen LogP contribution in [0.3, 0.4) is 0 Å². The van der Waals surface area contributed by atoms with Gasteiger partial charge in [-0.15, -0.1) is 0 Å². The van der Waals surface area contributed by atoms with E-state index >= 15 is 0 Å². The van der Waals surface area contributed by atoms with Crippen molar-refractivity contribution in [2.45, 2.75) is 0 Å². The minimum Gasteiger partial charge on any atom is -0.455 e. The van der Waals surface area contributed by atoms with Crippen molar-refractivity contribution in [3.8, 4) is 56.7 Å². The van der Waals surface area contributed by atoms with Crippen LogP contribution < -0.4 is 0 Å². The Bertz CT molecular complexity index is 5000. The van der Waals surface area contributed by atoms with Gasteiger partial charge in [-0.05, 0) is 71.7 Å². The summed E-state index contributed by atoms with van der Waals surface area (Å²) in [6, 6.07) is 57.2. The standard InChI is InChI=1S/C63H37N5O2/c1-7-28-52-43(18-1)44-19-2-8-29-53(44)67(52)56-32-11-5-23-50(56)62-64-61(65-63(66-62)68-54-30-9-3-20-45(54)46-21-4-10-31-55(46)68)40-17-13-16-38(36-40)41-24-15-27-49-51-37-39(34-35-58(51)70-60(41)49)42-25-14-26-48-47-22-6-12-33-57(47)69-59(42)48/h1-37H/i1D,2D,7D,18D,19D,28D,29D. The largest absolute Gasteiger partial charge is 0.455 e. The van der Waals surface area contributed by atoms with Gasteiger partial charge in [0.25, 0.3) is 0 Å². The summed E-state index contributed by atoms with van der Waals surface area (Å²) in [5, 5.41) is 6.20. The van der Waals surface area contributed by atoms with Crippen LogP contribution in [0, 0.1) is 0 Å². The SMILES string of the molecule is [2H]c1cc([2H])c2c(c1[2H])c1c([2H])c([2H])c([2H])c([2H])c1n2-c1ccccc1-c1nc(-c2cccc(-c3cccc4c3oc3ccc(-c5cccc6c5oc5ccccc56)cc34)c2)nc(-n2c3ccccc3c3ccccc32)n1. The van der Waals surface area contributed by atoms with Crippen LogP contribution >= 0.6 is 0 Å². The lowest BCUT2D eigenvalue weighted by atomic mass is 9.98. The molecule has 0 radical (unpaired) electrons. The first kappa shape index (κ1) is 32.2. The quantitative estimate of drug-likeness (QED) is 0.166. The molecule has 0 aliphatic carbocycles. The van der Waals surface area contributed by atoms with E-state index in [-0.39, 0.29) is 57.8 Å². The van der Waals surface area contributed by atoms with Crippen molar-refractivity contribution < 1.29 is 18.4 Å². The number of rotatable bonds is 6.